The number of imidazole rings is 2. The van der Waals surface area contributed by atoms with Gasteiger partial charge < -0.3 is 64.1 Å². The molecule has 28 heteroatoms. The average molecular weight is 1630 g/mol. The molecule has 0 spiro atoms. The van der Waals surface area contributed by atoms with Crippen LogP contribution in [0.3, 0.4) is 0 Å². The van der Waals surface area contributed by atoms with Crippen molar-refractivity contribution in [2.45, 2.75) is 313 Å². The van der Waals surface area contributed by atoms with Crippen LogP contribution in [-0.4, -0.2) is 172 Å². The minimum Gasteiger partial charge on any atom is -0.494 e. The minimum absolute atomic E-state index is 0. The summed E-state index contributed by atoms with van der Waals surface area (Å²) >= 11 is 0. The number of fused-ring (bicyclic) bond motifs is 6. The Bertz CT molecular complexity index is 3490. The molecule has 5 atom stereocenters. The van der Waals surface area contributed by atoms with Crippen LogP contribution in [0.2, 0.25) is 0 Å². The number of terminal acetylenes is 1. The predicted molar refractivity (Wildman–Crippen MR) is 473 cm³/mol. The predicted octanol–water partition coefficient (Wildman–Crippen LogP) is 19.8. The van der Waals surface area contributed by atoms with Gasteiger partial charge in [0.2, 0.25) is 0 Å². The molecular weight excluding hydrogens is 1480 g/mol. The molecule has 2 unspecified atom stereocenters. The maximum atomic E-state index is 11.9. The molecule has 0 aliphatic rings. The lowest BCUT2D eigenvalue weighted by atomic mass is 10.1. The summed E-state index contributed by atoms with van der Waals surface area (Å²) in [5, 5.41) is 41.0. The number of aliphatic hydroxyl groups excluding tert-OH is 3. The molecule has 0 saturated carbocycles. The second-order valence-corrected chi connectivity index (χ2v) is 34.0. The fourth-order valence-corrected chi connectivity index (χ4v) is 16.6. The Morgan fingerprint density at radius 3 is 1.38 bits per heavy atom. The lowest BCUT2D eigenvalue weighted by Gasteiger charge is -2.45. The average Bonchev–Trinajstić information content (AvgIpc) is 1.55. The van der Waals surface area contributed by atoms with Crippen LogP contribution in [-0.2, 0) is 53.3 Å². The van der Waals surface area contributed by atoms with Crippen LogP contribution < -0.4 is 26.0 Å². The van der Waals surface area contributed by atoms with E-state index in [0.717, 1.165) is 147 Å². The van der Waals surface area contributed by atoms with Crippen molar-refractivity contribution in [1.82, 2.24) is 48.2 Å². The number of ether oxygens (including phenoxy) is 3. The van der Waals surface area contributed by atoms with Crippen molar-refractivity contribution in [2.24, 2.45) is 17.8 Å². The van der Waals surface area contributed by atoms with Gasteiger partial charge in [-0.3, -0.25) is 9.05 Å². The summed E-state index contributed by atoms with van der Waals surface area (Å²) in [4.78, 5) is 28.4. The Labute approximate surface area is 680 Å². The number of hydrogen-bond donors (Lipinski definition) is 7. The third-order valence-electron chi connectivity index (χ3n) is 17.8. The Morgan fingerprint density at radius 2 is 0.991 bits per heavy atom. The van der Waals surface area contributed by atoms with E-state index in [9.17, 15) is 14.6 Å². The fourth-order valence-electron chi connectivity index (χ4n) is 11.5. The van der Waals surface area contributed by atoms with Crippen molar-refractivity contribution in [1.29, 1.82) is 5.26 Å². The quantitative estimate of drug-likeness (QED) is 0.00807. The molecule has 4 aromatic heterocycles. The topological polar surface area (TPSA) is 322 Å². The summed E-state index contributed by atoms with van der Waals surface area (Å²) < 4.78 is 62.9. The first-order valence-corrected chi connectivity index (χ1v) is 44.4. The van der Waals surface area contributed by atoms with Gasteiger partial charge in [0.05, 0.1) is 80.8 Å². The number of nitrogens with two attached hydrogens (primary N) is 2. The molecule has 0 saturated heterocycles. The molecule has 0 fully saturated rings. The SMILES string of the molecule is C.C.C#C.CC(C)N(C(C)C)P(OCCC#N)N(C(C)C)C(C)C.CCCCc1nc2c(N)nc3cc(OCCCCO)ccc3c2n1CCC.CCCCc1nc2c(N)nc3cc(OCCCCOP(=O)(O)OC[C@H](C)CC)ccc3c2n1CCO.CCOCNP(OC[C@H](C)CC)N(C(C)C)C(C)C.CC[C@@H](C)CO. The summed E-state index contributed by atoms with van der Waals surface area (Å²) in [5.74, 6) is 5.54. The second-order valence-electron chi connectivity index (χ2n) is 29.3. The van der Waals surface area contributed by atoms with Gasteiger partial charge in [-0.2, -0.15) is 5.26 Å². The smallest absolute Gasteiger partial charge is 0.472 e. The van der Waals surface area contributed by atoms with E-state index in [0.29, 0.717) is 135 Å². The highest BCUT2D eigenvalue weighted by Crippen LogP contribution is 2.51. The number of pyridine rings is 2. The number of nitriles is 1. The van der Waals surface area contributed by atoms with E-state index in [1.807, 2.05) is 62.6 Å². The molecule has 0 aliphatic carbocycles. The second kappa shape index (κ2) is 61.4. The zero-order chi connectivity index (χ0) is 83.1. The standard InChI is InChI=1S/C25H39N4O6P.C21H30N4O2.C15H32N3OP.C14H33N2O2P.C5H12O.C2H2.2CH4/c1-4-6-9-22-28-23-24(29(22)12-13-30)20-11-10-19(16-21(20)27-25(23)26)33-14-7-8-15-34-36(31,32)35-17-18(3)5-2;1-3-5-8-18-24-19-20(25(18)11-4-2)16-10-9-15(27-13-7-6-12-26)14-17(16)23-21(19)22;1-12(2)17(13(3)4)20(19-11-9-10-16)18(14(5)6)15(7)8;1-8-14(7)10-18-19(15-11-17-9-2)16(12(3)4)13(5)6;1-3-5(2)4-6;1-2;;/h10-11,16,18,30H,4-9,12-15,17H2,1-3H3,(H2,26,27)(H,31,32);9-10,14,26H,3-8,11-13H2,1-2H3,(H2,22,23);12-15H,9,11H2,1-8H3;12-15H,8-11H2,1-7H3;5-6H,3-4H2,1-2H3;1-2H;2*1H4/t18-;;;14-,19?;5-;;;/m1..11.../s1. The summed E-state index contributed by atoms with van der Waals surface area (Å²) in [6, 6.07) is 16.4. The number of nitrogen functional groups attached to an aromatic ring is 2. The van der Waals surface area contributed by atoms with Crippen LogP contribution >= 0.6 is 24.7 Å². The molecular formula is C84H156N13O12P3. The van der Waals surface area contributed by atoms with E-state index in [1.165, 1.54) is 0 Å². The van der Waals surface area contributed by atoms with E-state index < -0.39 is 24.7 Å². The van der Waals surface area contributed by atoms with Gasteiger partial charge in [-0.05, 0) is 177 Å². The number of phosphoric acid groups is 1. The van der Waals surface area contributed by atoms with Crippen LogP contribution in [0.5, 0.6) is 11.5 Å². The highest BCUT2D eigenvalue weighted by Gasteiger charge is 2.35. The number of aryl methyl sites for hydroxylation is 3. The van der Waals surface area contributed by atoms with Gasteiger partial charge in [-0.1, -0.05) is 109 Å². The van der Waals surface area contributed by atoms with Crippen molar-refractivity contribution >= 4 is 80.2 Å². The lowest BCUT2D eigenvalue weighted by Crippen LogP contribution is -2.43. The molecule has 0 bridgehead atoms. The number of aliphatic hydroxyl groups is 3. The van der Waals surface area contributed by atoms with Crippen LogP contribution in [0.25, 0.3) is 43.9 Å². The molecule has 2 aromatic carbocycles. The van der Waals surface area contributed by atoms with Crippen LogP contribution in [0.15, 0.2) is 36.4 Å². The Kier molecular flexibility index (Phi) is 59.8. The summed E-state index contributed by atoms with van der Waals surface area (Å²) in [7, 11) is -5.65. The number of nitrogens with one attached hydrogen (secondary N) is 1. The number of nitrogens with zero attached hydrogens (tertiary/aromatic N) is 10. The molecule has 0 aliphatic heterocycles. The Balaban J connectivity index is 0. The van der Waals surface area contributed by atoms with Crippen LogP contribution in [0.1, 0.15) is 262 Å². The summed E-state index contributed by atoms with van der Waals surface area (Å²) in [6.45, 7) is 53.3. The third-order valence-corrected chi connectivity index (χ3v) is 24.0. The number of phosphoric ester groups is 1. The molecule has 25 nitrogen and oxygen atoms in total. The van der Waals surface area contributed by atoms with E-state index in [4.69, 9.17) is 69.2 Å². The highest BCUT2D eigenvalue weighted by molar-refractivity contribution is 7.48. The lowest BCUT2D eigenvalue weighted by molar-refractivity contribution is 0.130. The Morgan fingerprint density at radius 1 is 0.554 bits per heavy atom. The van der Waals surface area contributed by atoms with Gasteiger partial charge in [0.25, 0.3) is 0 Å². The summed E-state index contributed by atoms with van der Waals surface area (Å²) in [5.41, 5.74) is 17.5. The van der Waals surface area contributed by atoms with E-state index in [-0.39, 0.29) is 47.2 Å². The van der Waals surface area contributed by atoms with E-state index in [1.54, 1.807) is 0 Å². The molecule has 9 N–H and O–H groups in total. The van der Waals surface area contributed by atoms with Crippen molar-refractivity contribution < 1.29 is 57.1 Å². The van der Waals surface area contributed by atoms with E-state index in [2.05, 4.69) is 183 Å². The maximum Gasteiger partial charge on any atom is 0.472 e. The van der Waals surface area contributed by atoms with Crippen molar-refractivity contribution in [2.75, 3.05) is 84.3 Å². The molecule has 6 rings (SSSR count). The van der Waals surface area contributed by atoms with Crippen LogP contribution in [0.4, 0.5) is 11.6 Å². The van der Waals surface area contributed by atoms with Crippen molar-refractivity contribution in [3.63, 3.8) is 0 Å². The van der Waals surface area contributed by atoms with E-state index >= 15 is 0 Å². The first-order valence-electron chi connectivity index (χ1n) is 40.6. The van der Waals surface area contributed by atoms with Crippen LogP contribution in [0, 0.1) is 41.9 Å². The summed E-state index contributed by atoms with van der Waals surface area (Å²) in [6.07, 6.45) is 21.4. The number of anilines is 2. The third kappa shape index (κ3) is 38.4. The van der Waals surface area contributed by atoms with Crippen molar-refractivity contribution in [3.05, 3.63) is 48.0 Å². The van der Waals surface area contributed by atoms with Gasteiger partial charge in [0.1, 0.15) is 40.9 Å². The largest absolute Gasteiger partial charge is 0.494 e. The zero-order valence-electron chi connectivity index (χ0n) is 71.6. The van der Waals surface area contributed by atoms with Gasteiger partial charge in [0.15, 0.2) is 28.5 Å². The number of benzene rings is 2. The van der Waals surface area contributed by atoms with Gasteiger partial charge in [-0.25, -0.2) is 43.6 Å². The molecule has 6 aromatic rings. The number of aromatic nitrogens is 6. The number of unbranched alkanes of at least 4 members (excludes halogenated alkanes) is 4. The molecule has 0 amide bonds. The first-order chi connectivity index (χ1) is 52.5. The number of hydrogen-bond acceptors (Lipinski definition) is 22. The molecule has 644 valence electrons. The van der Waals surface area contributed by atoms with Gasteiger partial charge in [-0.15, -0.1) is 12.8 Å². The minimum atomic E-state index is -4.02. The van der Waals surface area contributed by atoms with Crippen molar-refractivity contribution in [3.8, 4) is 30.4 Å². The maximum absolute atomic E-state index is 11.9. The fraction of sp³-hybridized carbons (Fsp3) is 0.726. The normalized spacial score (nSPS) is 13.1. The Hall–Kier alpha value is -4.98. The zero-order valence-corrected chi connectivity index (χ0v) is 74.3. The van der Waals surface area contributed by atoms with Gasteiger partial charge in [0, 0.05) is 105 Å². The molecule has 112 heavy (non-hydrogen) atoms. The molecule has 4 heterocycles. The molecule has 0 radical (unpaired) electrons. The van der Waals surface area contributed by atoms with Gasteiger partial charge >= 0.3 is 7.82 Å². The number of rotatable bonds is 48. The monoisotopic (exact) mass is 1630 g/mol. The highest BCUT2D eigenvalue weighted by atomic mass is 31.2. The first kappa shape index (κ1) is 109.